The predicted octanol–water partition coefficient (Wildman–Crippen LogP) is 3.61. The van der Waals surface area contributed by atoms with Crippen LogP contribution in [0.4, 0.5) is 0 Å². The lowest BCUT2D eigenvalue weighted by Gasteiger charge is -2.32. The average molecular weight is 345 g/mol. The van der Waals surface area contributed by atoms with Crippen LogP contribution in [0, 0.1) is 5.92 Å². The van der Waals surface area contributed by atoms with E-state index in [9.17, 15) is 0 Å². The molecule has 2 heterocycles. The standard InChI is InChI=1S/C20H31N3O2/c1-4-6-7-12-25-18-9-8-15(13-19(18)24-3)20-16-14-23(5-2)11-10-17(16)21-22-20/h8-9,13,16,20,22H,4-7,10-12,14H2,1-3H3. The number of hydrogen-bond donors (Lipinski definition) is 1. The minimum Gasteiger partial charge on any atom is -0.493 e. The number of rotatable bonds is 8. The third-order valence-corrected chi connectivity index (χ3v) is 5.32. The number of nitrogens with zero attached hydrogens (tertiary/aromatic N) is 2. The predicted molar refractivity (Wildman–Crippen MR) is 102 cm³/mol. The second kappa shape index (κ2) is 8.56. The Hall–Kier alpha value is -1.75. The molecule has 5 heteroatoms. The van der Waals surface area contributed by atoms with E-state index < -0.39 is 0 Å². The summed E-state index contributed by atoms with van der Waals surface area (Å²) in [6, 6.07) is 6.53. The zero-order valence-electron chi connectivity index (χ0n) is 15.8. The first-order chi connectivity index (χ1) is 12.3. The Morgan fingerprint density at radius 2 is 2.12 bits per heavy atom. The molecule has 5 nitrogen and oxygen atoms in total. The van der Waals surface area contributed by atoms with Crippen molar-refractivity contribution in [1.82, 2.24) is 10.3 Å². The molecule has 0 radical (unpaired) electrons. The van der Waals surface area contributed by atoms with Gasteiger partial charge in [-0.2, -0.15) is 5.10 Å². The normalized spacial score (nSPS) is 22.9. The van der Waals surface area contributed by atoms with Gasteiger partial charge in [-0.05, 0) is 30.7 Å². The molecule has 2 aliphatic rings. The van der Waals surface area contributed by atoms with Gasteiger partial charge in [0.25, 0.3) is 0 Å². The number of piperidine rings is 1. The third-order valence-electron chi connectivity index (χ3n) is 5.32. The van der Waals surface area contributed by atoms with Crippen LogP contribution in [-0.2, 0) is 0 Å². The van der Waals surface area contributed by atoms with Crippen LogP contribution in [0.3, 0.4) is 0 Å². The number of likely N-dealkylation sites (tertiary alicyclic amines) is 1. The summed E-state index contributed by atoms with van der Waals surface area (Å²) >= 11 is 0. The molecule has 0 spiro atoms. The van der Waals surface area contributed by atoms with Crippen LogP contribution in [0.15, 0.2) is 23.3 Å². The first-order valence-electron chi connectivity index (χ1n) is 9.61. The highest BCUT2D eigenvalue weighted by molar-refractivity contribution is 5.90. The van der Waals surface area contributed by atoms with Crippen molar-refractivity contribution in [2.75, 3.05) is 33.4 Å². The van der Waals surface area contributed by atoms with Crippen LogP contribution in [0.1, 0.15) is 51.1 Å². The number of unbranched alkanes of at least 4 members (excludes halogenated alkanes) is 2. The van der Waals surface area contributed by atoms with E-state index in [-0.39, 0.29) is 6.04 Å². The molecule has 1 aromatic carbocycles. The van der Waals surface area contributed by atoms with Crippen molar-refractivity contribution >= 4 is 5.71 Å². The summed E-state index contributed by atoms with van der Waals surface area (Å²) in [6.45, 7) is 8.47. The van der Waals surface area contributed by atoms with Gasteiger partial charge in [0.1, 0.15) is 0 Å². The number of hydrazone groups is 1. The summed E-state index contributed by atoms with van der Waals surface area (Å²) in [7, 11) is 1.71. The largest absolute Gasteiger partial charge is 0.493 e. The molecule has 138 valence electrons. The van der Waals surface area contributed by atoms with Crippen molar-refractivity contribution in [3.63, 3.8) is 0 Å². The fraction of sp³-hybridized carbons (Fsp3) is 0.650. The molecule has 0 aromatic heterocycles. The van der Waals surface area contributed by atoms with Gasteiger partial charge in [0.05, 0.1) is 19.8 Å². The third kappa shape index (κ3) is 4.09. The summed E-state index contributed by atoms with van der Waals surface area (Å²) in [4.78, 5) is 2.51. The molecule has 1 aromatic rings. The maximum Gasteiger partial charge on any atom is 0.161 e. The number of nitrogens with one attached hydrogen (secondary N) is 1. The molecule has 1 fully saturated rings. The van der Waals surface area contributed by atoms with Crippen molar-refractivity contribution < 1.29 is 9.47 Å². The van der Waals surface area contributed by atoms with Crippen LogP contribution in [0.2, 0.25) is 0 Å². The lowest BCUT2D eigenvalue weighted by Crippen LogP contribution is -2.41. The highest BCUT2D eigenvalue weighted by Gasteiger charge is 2.36. The molecule has 1 N–H and O–H groups in total. The Kier molecular flexibility index (Phi) is 6.19. The molecule has 0 aliphatic carbocycles. The lowest BCUT2D eigenvalue weighted by molar-refractivity contribution is 0.238. The Labute approximate surface area is 151 Å². The van der Waals surface area contributed by atoms with E-state index in [4.69, 9.17) is 9.47 Å². The minimum atomic E-state index is 0.229. The molecule has 2 atom stereocenters. The van der Waals surface area contributed by atoms with E-state index >= 15 is 0 Å². The second-order valence-corrected chi connectivity index (χ2v) is 6.93. The Morgan fingerprint density at radius 3 is 2.88 bits per heavy atom. The smallest absolute Gasteiger partial charge is 0.161 e. The highest BCUT2D eigenvalue weighted by atomic mass is 16.5. The number of fused-ring (bicyclic) bond motifs is 1. The molecule has 0 saturated carbocycles. The van der Waals surface area contributed by atoms with E-state index in [0.717, 1.165) is 50.6 Å². The maximum atomic E-state index is 5.91. The molecule has 25 heavy (non-hydrogen) atoms. The van der Waals surface area contributed by atoms with E-state index in [1.54, 1.807) is 7.11 Å². The fourth-order valence-electron chi connectivity index (χ4n) is 3.74. The molecule has 3 rings (SSSR count). The van der Waals surface area contributed by atoms with Crippen molar-refractivity contribution in [2.24, 2.45) is 11.0 Å². The summed E-state index contributed by atoms with van der Waals surface area (Å²) in [5.41, 5.74) is 5.89. The molecule has 1 saturated heterocycles. The van der Waals surface area contributed by atoms with Gasteiger partial charge in [0.15, 0.2) is 11.5 Å². The van der Waals surface area contributed by atoms with Crippen molar-refractivity contribution in [2.45, 2.75) is 45.6 Å². The van der Waals surface area contributed by atoms with Gasteiger partial charge in [0.2, 0.25) is 0 Å². The molecule has 0 bridgehead atoms. The maximum absolute atomic E-state index is 5.91. The summed E-state index contributed by atoms with van der Waals surface area (Å²) < 4.78 is 11.5. The summed E-state index contributed by atoms with van der Waals surface area (Å²) in [5.74, 6) is 2.10. The molecule has 2 unspecified atom stereocenters. The van der Waals surface area contributed by atoms with E-state index in [1.807, 2.05) is 6.07 Å². The number of ether oxygens (including phenoxy) is 2. The fourth-order valence-corrected chi connectivity index (χ4v) is 3.74. The minimum absolute atomic E-state index is 0.229. The van der Waals surface area contributed by atoms with Gasteiger partial charge in [0, 0.05) is 31.1 Å². The molecular weight excluding hydrogens is 314 g/mol. The Bertz CT molecular complexity index is 603. The first kappa shape index (κ1) is 18.1. The Balaban J connectivity index is 1.70. The van der Waals surface area contributed by atoms with Crippen LogP contribution in [-0.4, -0.2) is 44.0 Å². The van der Waals surface area contributed by atoms with Gasteiger partial charge < -0.3 is 19.8 Å². The van der Waals surface area contributed by atoms with Crippen molar-refractivity contribution in [3.8, 4) is 11.5 Å². The van der Waals surface area contributed by atoms with Crippen molar-refractivity contribution in [3.05, 3.63) is 23.8 Å². The molecular formula is C20H31N3O2. The highest BCUT2D eigenvalue weighted by Crippen LogP contribution is 2.36. The van der Waals surface area contributed by atoms with Crippen molar-refractivity contribution in [1.29, 1.82) is 0 Å². The van der Waals surface area contributed by atoms with Crippen LogP contribution >= 0.6 is 0 Å². The second-order valence-electron chi connectivity index (χ2n) is 6.93. The van der Waals surface area contributed by atoms with E-state index in [2.05, 4.69) is 41.4 Å². The van der Waals surface area contributed by atoms with E-state index in [1.165, 1.54) is 24.1 Å². The average Bonchev–Trinajstić information content (AvgIpc) is 3.08. The Morgan fingerprint density at radius 1 is 1.24 bits per heavy atom. The van der Waals surface area contributed by atoms with Crippen LogP contribution < -0.4 is 14.9 Å². The molecule has 2 aliphatic heterocycles. The number of benzene rings is 1. The molecule has 0 amide bonds. The SMILES string of the molecule is CCCCCOc1ccc(C2NN=C3CCN(CC)CC32)cc1OC. The summed E-state index contributed by atoms with van der Waals surface area (Å²) in [6.07, 6.45) is 4.54. The number of hydrogen-bond acceptors (Lipinski definition) is 5. The van der Waals surface area contributed by atoms with Crippen LogP contribution in [0.5, 0.6) is 11.5 Å². The van der Waals surface area contributed by atoms with Gasteiger partial charge in [-0.15, -0.1) is 0 Å². The monoisotopic (exact) mass is 345 g/mol. The lowest BCUT2D eigenvalue weighted by atomic mass is 9.86. The zero-order valence-corrected chi connectivity index (χ0v) is 15.8. The van der Waals surface area contributed by atoms with Gasteiger partial charge in [-0.25, -0.2) is 0 Å². The van der Waals surface area contributed by atoms with Gasteiger partial charge >= 0.3 is 0 Å². The first-order valence-corrected chi connectivity index (χ1v) is 9.61. The van der Waals surface area contributed by atoms with Gasteiger partial charge in [-0.1, -0.05) is 32.8 Å². The van der Waals surface area contributed by atoms with E-state index in [0.29, 0.717) is 5.92 Å². The topological polar surface area (TPSA) is 46.1 Å². The van der Waals surface area contributed by atoms with Crippen LogP contribution in [0.25, 0.3) is 0 Å². The van der Waals surface area contributed by atoms with Gasteiger partial charge in [-0.3, -0.25) is 0 Å². The quantitative estimate of drug-likeness (QED) is 0.731. The summed E-state index contributed by atoms with van der Waals surface area (Å²) in [5, 5.41) is 4.60. The number of methoxy groups -OCH3 is 1. The zero-order chi connectivity index (χ0) is 17.6.